The smallest absolute Gasteiger partial charge is 0.259 e. The number of ether oxygens (including phenoxy) is 1. The number of carbonyl (C=O) groups excluding carboxylic acids is 1. The van der Waals surface area contributed by atoms with Crippen LogP contribution in [0.3, 0.4) is 0 Å². The minimum absolute atomic E-state index is 0.106. The van der Waals surface area contributed by atoms with E-state index >= 15 is 0 Å². The number of rotatable bonds is 5. The van der Waals surface area contributed by atoms with Crippen LogP contribution in [0.25, 0.3) is 10.6 Å². The van der Waals surface area contributed by atoms with Crippen molar-refractivity contribution < 1.29 is 9.53 Å². The van der Waals surface area contributed by atoms with Crippen LogP contribution in [-0.4, -0.2) is 24.5 Å². The van der Waals surface area contributed by atoms with Crippen LogP contribution in [-0.2, 0) is 0 Å². The largest absolute Gasteiger partial charge is 0.481 e. The third-order valence-corrected chi connectivity index (χ3v) is 4.83. The highest BCUT2D eigenvalue weighted by Gasteiger charge is 2.17. The van der Waals surface area contributed by atoms with E-state index in [1.165, 1.54) is 0 Å². The Morgan fingerprint density at radius 3 is 2.62 bits per heavy atom. The van der Waals surface area contributed by atoms with Crippen LogP contribution in [0.1, 0.15) is 16.1 Å². The number of anilines is 1. The Bertz CT molecular complexity index is 941. The van der Waals surface area contributed by atoms with Crippen molar-refractivity contribution in [3.8, 4) is 28.7 Å². The molecular formula is C21H18N2O2S. The minimum atomic E-state index is -0.106. The number of hydrogen-bond acceptors (Lipinski definition) is 4. The summed E-state index contributed by atoms with van der Waals surface area (Å²) in [5, 5.41) is 2.01. The number of terminal acetylenes is 1. The number of nitrogens with zero attached hydrogens (tertiary/aromatic N) is 2. The first-order valence-corrected chi connectivity index (χ1v) is 8.94. The molecule has 3 aromatic rings. The third kappa shape index (κ3) is 3.76. The number of carbonyl (C=O) groups is 1. The van der Waals surface area contributed by atoms with E-state index in [2.05, 4.69) is 10.9 Å². The fourth-order valence-corrected chi connectivity index (χ4v) is 3.23. The molecule has 0 atom stereocenters. The van der Waals surface area contributed by atoms with Gasteiger partial charge in [0, 0.05) is 12.7 Å². The Morgan fingerprint density at radius 1 is 1.23 bits per heavy atom. The van der Waals surface area contributed by atoms with Crippen molar-refractivity contribution in [3.63, 3.8) is 0 Å². The van der Waals surface area contributed by atoms with Crippen LogP contribution in [0.5, 0.6) is 5.75 Å². The molecule has 2 aromatic heterocycles. The van der Waals surface area contributed by atoms with Crippen LogP contribution < -0.4 is 9.64 Å². The van der Waals surface area contributed by atoms with Gasteiger partial charge in [-0.05, 0) is 54.8 Å². The van der Waals surface area contributed by atoms with Crippen molar-refractivity contribution in [2.75, 3.05) is 18.6 Å². The lowest BCUT2D eigenvalue weighted by Crippen LogP contribution is -2.27. The summed E-state index contributed by atoms with van der Waals surface area (Å²) < 4.78 is 5.35. The van der Waals surface area contributed by atoms with E-state index in [0.717, 1.165) is 16.3 Å². The highest BCUT2D eigenvalue weighted by molar-refractivity contribution is 7.13. The number of aryl methyl sites for hydroxylation is 1. The molecule has 26 heavy (non-hydrogen) atoms. The van der Waals surface area contributed by atoms with Gasteiger partial charge in [-0.15, -0.1) is 17.8 Å². The summed E-state index contributed by atoms with van der Waals surface area (Å²) in [6.07, 6.45) is 5.18. The number of benzene rings is 1. The normalized spacial score (nSPS) is 10.2. The van der Waals surface area contributed by atoms with E-state index in [-0.39, 0.29) is 12.5 Å². The molecule has 0 unspecified atom stereocenters. The third-order valence-electron chi connectivity index (χ3n) is 3.94. The molecule has 0 aliphatic heterocycles. The van der Waals surface area contributed by atoms with Crippen molar-refractivity contribution in [1.29, 1.82) is 0 Å². The summed E-state index contributed by atoms with van der Waals surface area (Å²) in [7, 11) is 1.74. The van der Waals surface area contributed by atoms with Gasteiger partial charge in [0.25, 0.3) is 5.91 Å². The van der Waals surface area contributed by atoms with Crippen molar-refractivity contribution in [3.05, 3.63) is 65.2 Å². The zero-order chi connectivity index (χ0) is 18.5. The molecule has 0 radical (unpaired) electrons. The van der Waals surface area contributed by atoms with E-state index in [4.69, 9.17) is 11.2 Å². The lowest BCUT2D eigenvalue weighted by Gasteiger charge is -2.19. The quantitative estimate of drug-likeness (QED) is 0.632. The molecule has 0 aliphatic carbocycles. The molecule has 4 nitrogen and oxygen atoms in total. The van der Waals surface area contributed by atoms with Crippen LogP contribution in [0.4, 0.5) is 5.69 Å². The molecule has 0 spiro atoms. The zero-order valence-corrected chi connectivity index (χ0v) is 15.4. The Labute approximate surface area is 157 Å². The van der Waals surface area contributed by atoms with Gasteiger partial charge in [0.05, 0.1) is 21.8 Å². The Hall–Kier alpha value is -3.10. The van der Waals surface area contributed by atoms with Gasteiger partial charge in [-0.25, -0.2) is 0 Å². The van der Waals surface area contributed by atoms with Crippen molar-refractivity contribution in [2.24, 2.45) is 0 Å². The molecule has 0 bridgehead atoms. The molecule has 0 N–H and O–H groups in total. The van der Waals surface area contributed by atoms with Gasteiger partial charge >= 0.3 is 0 Å². The first kappa shape index (κ1) is 17.7. The highest BCUT2D eigenvalue weighted by Crippen LogP contribution is 2.25. The molecular weight excluding hydrogens is 344 g/mol. The van der Waals surface area contributed by atoms with E-state index in [9.17, 15) is 4.79 Å². The first-order chi connectivity index (χ1) is 12.6. The number of hydrogen-bond donors (Lipinski definition) is 0. The second-order valence-corrected chi connectivity index (χ2v) is 6.61. The lowest BCUT2D eigenvalue weighted by atomic mass is 10.1. The van der Waals surface area contributed by atoms with E-state index < -0.39 is 0 Å². The lowest BCUT2D eigenvalue weighted by molar-refractivity contribution is 0.0992. The van der Waals surface area contributed by atoms with E-state index in [1.807, 2.05) is 48.7 Å². The average Bonchev–Trinajstić information content (AvgIpc) is 3.20. The number of thiophene rings is 1. The van der Waals surface area contributed by atoms with Gasteiger partial charge in [0.1, 0.15) is 12.4 Å². The van der Waals surface area contributed by atoms with Crippen molar-refractivity contribution >= 4 is 22.9 Å². The SMILES string of the molecule is C#CCOc1ccc(N(C)C(=O)c2ccc(-c3cccs3)nc2C)cc1. The van der Waals surface area contributed by atoms with Gasteiger partial charge in [-0.2, -0.15) is 0 Å². The fourth-order valence-electron chi connectivity index (χ4n) is 2.54. The number of aromatic nitrogens is 1. The predicted molar refractivity (Wildman–Crippen MR) is 106 cm³/mol. The first-order valence-electron chi connectivity index (χ1n) is 8.06. The van der Waals surface area contributed by atoms with Gasteiger partial charge in [-0.3, -0.25) is 9.78 Å². The molecule has 5 heteroatoms. The van der Waals surface area contributed by atoms with Crippen molar-refractivity contribution in [1.82, 2.24) is 4.98 Å². The standard InChI is InChI=1S/C21H18N2O2S/c1-4-13-25-17-9-7-16(8-10-17)23(3)21(24)18-11-12-19(22-15(18)2)20-6-5-14-26-20/h1,5-12,14H,13H2,2-3H3. The summed E-state index contributed by atoms with van der Waals surface area (Å²) in [4.78, 5) is 20.1. The molecule has 0 saturated carbocycles. The maximum atomic E-state index is 12.9. The molecule has 130 valence electrons. The maximum Gasteiger partial charge on any atom is 0.259 e. The topological polar surface area (TPSA) is 42.4 Å². The van der Waals surface area contributed by atoms with Gasteiger partial charge in [0.2, 0.25) is 0 Å². The fraction of sp³-hybridized carbons (Fsp3) is 0.143. The molecule has 2 heterocycles. The Kier molecular flexibility index (Phi) is 5.35. The van der Waals surface area contributed by atoms with Crippen LogP contribution in [0, 0.1) is 19.3 Å². The van der Waals surface area contributed by atoms with Gasteiger partial charge in [0.15, 0.2) is 0 Å². The van der Waals surface area contributed by atoms with E-state index in [0.29, 0.717) is 17.0 Å². The Balaban J connectivity index is 1.79. The predicted octanol–water partition coefficient (Wildman–Crippen LogP) is 4.41. The summed E-state index contributed by atoms with van der Waals surface area (Å²) in [6.45, 7) is 2.07. The summed E-state index contributed by atoms with van der Waals surface area (Å²) >= 11 is 1.63. The summed E-state index contributed by atoms with van der Waals surface area (Å²) in [5.41, 5.74) is 2.94. The average molecular weight is 362 g/mol. The molecule has 0 aliphatic rings. The molecule has 1 amide bonds. The zero-order valence-electron chi connectivity index (χ0n) is 14.6. The molecule has 3 rings (SSSR count). The van der Waals surface area contributed by atoms with Crippen LogP contribution in [0.15, 0.2) is 53.9 Å². The van der Waals surface area contributed by atoms with E-state index in [1.54, 1.807) is 35.4 Å². The van der Waals surface area contributed by atoms with Crippen LogP contribution in [0.2, 0.25) is 0 Å². The highest BCUT2D eigenvalue weighted by atomic mass is 32.1. The number of amides is 1. The molecule has 0 saturated heterocycles. The minimum Gasteiger partial charge on any atom is -0.481 e. The molecule has 0 fully saturated rings. The van der Waals surface area contributed by atoms with Gasteiger partial charge < -0.3 is 9.64 Å². The summed E-state index contributed by atoms with van der Waals surface area (Å²) in [6, 6.07) is 15.0. The Morgan fingerprint density at radius 2 is 2.00 bits per heavy atom. The second kappa shape index (κ2) is 7.85. The monoisotopic (exact) mass is 362 g/mol. The van der Waals surface area contributed by atoms with Gasteiger partial charge in [-0.1, -0.05) is 12.0 Å². The second-order valence-electron chi connectivity index (χ2n) is 5.66. The maximum absolute atomic E-state index is 12.9. The van der Waals surface area contributed by atoms with Crippen LogP contribution >= 0.6 is 11.3 Å². The number of pyridine rings is 1. The molecule has 1 aromatic carbocycles. The summed E-state index contributed by atoms with van der Waals surface area (Å²) in [5.74, 6) is 2.99. The van der Waals surface area contributed by atoms with Crippen molar-refractivity contribution in [2.45, 2.75) is 6.92 Å².